The Kier molecular flexibility index (Phi) is 5.18. The van der Waals surface area contributed by atoms with Gasteiger partial charge in [-0.25, -0.2) is 4.79 Å². The van der Waals surface area contributed by atoms with Crippen molar-refractivity contribution in [3.8, 4) is 12.3 Å². The lowest BCUT2D eigenvalue weighted by molar-refractivity contribution is -0.137. The number of rotatable bonds is 3. The highest BCUT2D eigenvalue weighted by molar-refractivity contribution is 5.81. The van der Waals surface area contributed by atoms with Crippen LogP contribution in [0, 0.1) is 12.3 Å². The molecule has 3 amide bonds. The Bertz CT molecular complexity index is 408. The molecule has 0 spiro atoms. The van der Waals surface area contributed by atoms with Crippen molar-refractivity contribution in [2.75, 3.05) is 39.3 Å². The quantitative estimate of drug-likeness (QED) is 0.685. The van der Waals surface area contributed by atoms with E-state index in [1.54, 1.807) is 4.90 Å². The maximum atomic E-state index is 12.1. The SMILES string of the molecule is C#CCN(CC(=O)O)C(=O)N1CCN(C(C)=O)CC1. The smallest absolute Gasteiger partial charge is 0.323 e. The summed E-state index contributed by atoms with van der Waals surface area (Å²) in [6, 6.07) is -0.399. The standard InChI is InChI=1S/C12H17N3O4/c1-3-4-15(9-11(17)18)12(19)14-7-5-13(6-8-14)10(2)16/h1H,4-9H2,2H3,(H,17,18). The van der Waals surface area contributed by atoms with Gasteiger partial charge in [-0.2, -0.15) is 0 Å². The monoisotopic (exact) mass is 267 g/mol. The minimum atomic E-state index is -1.11. The van der Waals surface area contributed by atoms with Crippen LogP contribution in [0.3, 0.4) is 0 Å². The molecule has 1 saturated heterocycles. The van der Waals surface area contributed by atoms with Crippen molar-refractivity contribution in [1.82, 2.24) is 14.7 Å². The maximum absolute atomic E-state index is 12.1. The molecule has 1 heterocycles. The average molecular weight is 267 g/mol. The topological polar surface area (TPSA) is 81.2 Å². The molecule has 7 nitrogen and oxygen atoms in total. The minimum Gasteiger partial charge on any atom is -0.480 e. The Morgan fingerprint density at radius 2 is 1.74 bits per heavy atom. The zero-order valence-corrected chi connectivity index (χ0v) is 10.8. The number of amides is 3. The average Bonchev–Trinajstić information content (AvgIpc) is 2.37. The van der Waals surface area contributed by atoms with E-state index < -0.39 is 18.5 Å². The molecule has 1 aliphatic rings. The Hall–Kier alpha value is -2.23. The predicted molar refractivity (Wildman–Crippen MR) is 67.3 cm³/mol. The number of carboxylic acid groups (broad SMARTS) is 1. The van der Waals surface area contributed by atoms with Gasteiger partial charge in [-0.05, 0) is 0 Å². The number of piperazine rings is 1. The lowest BCUT2D eigenvalue weighted by Crippen LogP contribution is -2.54. The van der Waals surface area contributed by atoms with Gasteiger partial charge in [-0.1, -0.05) is 5.92 Å². The molecule has 19 heavy (non-hydrogen) atoms. The van der Waals surface area contributed by atoms with Gasteiger partial charge in [0.05, 0.1) is 6.54 Å². The summed E-state index contributed by atoms with van der Waals surface area (Å²) in [7, 11) is 0. The van der Waals surface area contributed by atoms with Gasteiger partial charge >= 0.3 is 12.0 Å². The summed E-state index contributed by atoms with van der Waals surface area (Å²) in [5, 5.41) is 8.74. The molecule has 0 aromatic heterocycles. The highest BCUT2D eigenvalue weighted by atomic mass is 16.4. The number of aliphatic carboxylic acids is 1. The Morgan fingerprint density at radius 3 is 2.16 bits per heavy atom. The third-order valence-corrected chi connectivity index (χ3v) is 2.87. The van der Waals surface area contributed by atoms with Crippen molar-refractivity contribution < 1.29 is 19.5 Å². The third kappa shape index (κ3) is 4.17. The fourth-order valence-corrected chi connectivity index (χ4v) is 1.88. The van der Waals surface area contributed by atoms with Gasteiger partial charge in [-0.3, -0.25) is 9.59 Å². The fourth-order valence-electron chi connectivity index (χ4n) is 1.88. The molecule has 0 saturated carbocycles. The second-order valence-electron chi connectivity index (χ2n) is 4.23. The van der Waals surface area contributed by atoms with Crippen molar-refractivity contribution in [2.45, 2.75) is 6.92 Å². The summed E-state index contributed by atoms with van der Waals surface area (Å²) in [5.74, 6) is 1.14. The number of carbonyl (C=O) groups excluding carboxylic acids is 2. The van der Waals surface area contributed by atoms with Crippen LogP contribution in [0.25, 0.3) is 0 Å². The molecule has 1 aliphatic heterocycles. The fraction of sp³-hybridized carbons (Fsp3) is 0.583. The maximum Gasteiger partial charge on any atom is 0.323 e. The number of carbonyl (C=O) groups is 3. The summed E-state index contributed by atoms with van der Waals surface area (Å²) in [6.45, 7) is 2.70. The molecule has 0 bridgehead atoms. The molecule has 1 N–H and O–H groups in total. The van der Waals surface area contributed by atoms with Gasteiger partial charge in [0.25, 0.3) is 0 Å². The largest absolute Gasteiger partial charge is 0.480 e. The van der Waals surface area contributed by atoms with Crippen LogP contribution < -0.4 is 0 Å². The molecule has 0 aliphatic carbocycles. The highest BCUT2D eigenvalue weighted by Gasteiger charge is 2.26. The molecule has 7 heteroatoms. The molecule has 0 unspecified atom stereocenters. The van der Waals surface area contributed by atoms with E-state index in [-0.39, 0.29) is 12.5 Å². The molecule has 104 valence electrons. The molecule has 1 fully saturated rings. The van der Waals surface area contributed by atoms with E-state index >= 15 is 0 Å². The van der Waals surface area contributed by atoms with Gasteiger partial charge in [0.1, 0.15) is 6.54 Å². The van der Waals surface area contributed by atoms with Crippen LogP contribution in [0.2, 0.25) is 0 Å². The van der Waals surface area contributed by atoms with E-state index in [0.717, 1.165) is 4.90 Å². The normalized spacial score (nSPS) is 14.7. The number of nitrogens with zero attached hydrogens (tertiary/aromatic N) is 3. The molecule has 0 atom stereocenters. The summed E-state index contributed by atoms with van der Waals surface area (Å²) < 4.78 is 0. The van der Waals surface area contributed by atoms with Gasteiger partial charge in [0.2, 0.25) is 5.91 Å². The van der Waals surface area contributed by atoms with Crippen LogP contribution >= 0.6 is 0 Å². The van der Waals surface area contributed by atoms with Crippen molar-refractivity contribution in [3.63, 3.8) is 0 Å². The van der Waals surface area contributed by atoms with Gasteiger partial charge in [0, 0.05) is 33.1 Å². The van der Waals surface area contributed by atoms with Crippen LogP contribution in [-0.4, -0.2) is 77.0 Å². The van der Waals surface area contributed by atoms with Crippen molar-refractivity contribution in [1.29, 1.82) is 0 Å². The Balaban J connectivity index is 2.59. The number of carboxylic acids is 1. The molecule has 0 aromatic carbocycles. The van der Waals surface area contributed by atoms with Crippen molar-refractivity contribution in [2.24, 2.45) is 0 Å². The van der Waals surface area contributed by atoms with Crippen LogP contribution in [-0.2, 0) is 9.59 Å². The summed E-state index contributed by atoms with van der Waals surface area (Å²) in [6.07, 6.45) is 5.13. The first-order valence-corrected chi connectivity index (χ1v) is 5.90. The Morgan fingerprint density at radius 1 is 1.21 bits per heavy atom. The summed E-state index contributed by atoms with van der Waals surface area (Å²) in [5.41, 5.74) is 0. The van der Waals surface area contributed by atoms with Gasteiger partial charge in [-0.15, -0.1) is 6.42 Å². The van der Waals surface area contributed by atoms with Crippen LogP contribution in [0.1, 0.15) is 6.92 Å². The lowest BCUT2D eigenvalue weighted by Gasteiger charge is -2.36. The minimum absolute atomic E-state index is 0.0295. The predicted octanol–water partition coefficient (Wildman–Crippen LogP) is -0.710. The zero-order chi connectivity index (χ0) is 14.4. The van der Waals surface area contributed by atoms with E-state index in [1.807, 2.05) is 0 Å². The van der Waals surface area contributed by atoms with E-state index in [0.29, 0.717) is 26.2 Å². The molecule has 0 aromatic rings. The number of hydrogen-bond donors (Lipinski definition) is 1. The molecular weight excluding hydrogens is 250 g/mol. The highest BCUT2D eigenvalue weighted by Crippen LogP contribution is 2.06. The Labute approximate surface area is 111 Å². The number of terminal acetylenes is 1. The van der Waals surface area contributed by atoms with E-state index in [2.05, 4.69) is 5.92 Å². The molecule has 0 radical (unpaired) electrons. The molecular formula is C12H17N3O4. The van der Waals surface area contributed by atoms with Crippen LogP contribution in [0.4, 0.5) is 4.79 Å². The first-order chi connectivity index (χ1) is 8.95. The second-order valence-corrected chi connectivity index (χ2v) is 4.23. The van der Waals surface area contributed by atoms with Crippen molar-refractivity contribution in [3.05, 3.63) is 0 Å². The summed E-state index contributed by atoms with van der Waals surface area (Å²) >= 11 is 0. The third-order valence-electron chi connectivity index (χ3n) is 2.87. The van der Waals surface area contributed by atoms with Crippen LogP contribution in [0.15, 0.2) is 0 Å². The summed E-state index contributed by atoms with van der Waals surface area (Å²) in [4.78, 5) is 38.2. The lowest BCUT2D eigenvalue weighted by atomic mass is 10.3. The van der Waals surface area contributed by atoms with Gasteiger partial charge < -0.3 is 19.8 Å². The number of hydrogen-bond acceptors (Lipinski definition) is 3. The van der Waals surface area contributed by atoms with E-state index in [4.69, 9.17) is 11.5 Å². The molecule has 1 rings (SSSR count). The van der Waals surface area contributed by atoms with E-state index in [1.165, 1.54) is 11.8 Å². The first-order valence-electron chi connectivity index (χ1n) is 5.90. The van der Waals surface area contributed by atoms with Crippen molar-refractivity contribution >= 4 is 17.9 Å². The zero-order valence-electron chi connectivity index (χ0n) is 10.8. The van der Waals surface area contributed by atoms with Crippen LogP contribution in [0.5, 0.6) is 0 Å². The van der Waals surface area contributed by atoms with E-state index in [9.17, 15) is 14.4 Å². The second kappa shape index (κ2) is 6.64. The number of urea groups is 1. The first kappa shape index (κ1) is 14.8. The van der Waals surface area contributed by atoms with Gasteiger partial charge in [0.15, 0.2) is 0 Å².